The van der Waals surface area contributed by atoms with Crippen molar-refractivity contribution in [3.63, 3.8) is 0 Å². The average molecular weight is 313 g/mol. The van der Waals surface area contributed by atoms with Gasteiger partial charge >= 0.3 is 10.2 Å². The normalized spacial score (nSPS) is 16.7. The van der Waals surface area contributed by atoms with Crippen molar-refractivity contribution in [1.29, 1.82) is 0 Å². The van der Waals surface area contributed by atoms with Gasteiger partial charge in [0.05, 0.1) is 18.9 Å². The lowest BCUT2D eigenvalue weighted by Crippen LogP contribution is -2.43. The van der Waals surface area contributed by atoms with E-state index in [-0.39, 0.29) is 0 Å². The molecule has 0 amide bonds. The van der Waals surface area contributed by atoms with Gasteiger partial charge in [0.2, 0.25) is 0 Å². The second-order valence-electron chi connectivity index (χ2n) is 4.99. The van der Waals surface area contributed by atoms with Gasteiger partial charge in [-0.1, -0.05) is 19.4 Å². The van der Waals surface area contributed by atoms with Crippen LogP contribution in [0.2, 0.25) is 0 Å². The molecule has 1 heterocycles. The second kappa shape index (κ2) is 7.11. The van der Waals surface area contributed by atoms with Crippen molar-refractivity contribution in [2.24, 2.45) is 0 Å². The van der Waals surface area contributed by atoms with E-state index >= 15 is 0 Å². The minimum atomic E-state index is -3.53. The summed E-state index contributed by atoms with van der Waals surface area (Å²) in [4.78, 5) is 0. The van der Waals surface area contributed by atoms with Gasteiger partial charge < -0.3 is 10.1 Å². The third kappa shape index (κ3) is 4.09. The predicted molar refractivity (Wildman–Crippen MR) is 84.9 cm³/mol. The van der Waals surface area contributed by atoms with E-state index in [1.165, 1.54) is 4.31 Å². The smallest absolute Gasteiger partial charge is 0.301 e. The van der Waals surface area contributed by atoms with Crippen LogP contribution in [0.3, 0.4) is 0 Å². The molecule has 0 atom stereocenters. The maximum atomic E-state index is 12.4. The van der Waals surface area contributed by atoms with E-state index < -0.39 is 10.2 Å². The number of aryl methyl sites for hydroxylation is 1. The van der Waals surface area contributed by atoms with Crippen LogP contribution in [0.5, 0.6) is 0 Å². The van der Waals surface area contributed by atoms with Crippen LogP contribution in [0.25, 0.3) is 0 Å². The summed E-state index contributed by atoms with van der Waals surface area (Å²) in [5.74, 6) is 0. The second-order valence-corrected chi connectivity index (χ2v) is 6.66. The fraction of sp³-hybridized carbons (Fsp3) is 0.571. The van der Waals surface area contributed by atoms with Crippen molar-refractivity contribution in [3.8, 4) is 0 Å². The Morgan fingerprint density at radius 3 is 2.62 bits per heavy atom. The third-order valence-corrected chi connectivity index (χ3v) is 4.99. The van der Waals surface area contributed by atoms with Gasteiger partial charge in [0.1, 0.15) is 0 Å². The van der Waals surface area contributed by atoms with Gasteiger partial charge in [0, 0.05) is 25.8 Å². The SMILES string of the molecule is CCCc1ccc(NC)cc1NS(=O)(=O)N1CCOCC1. The van der Waals surface area contributed by atoms with E-state index in [0.717, 1.165) is 24.1 Å². The number of benzene rings is 1. The maximum Gasteiger partial charge on any atom is 0.301 e. The molecule has 1 fully saturated rings. The minimum absolute atomic E-state index is 0.393. The molecule has 0 aromatic heterocycles. The van der Waals surface area contributed by atoms with E-state index in [9.17, 15) is 8.42 Å². The first-order valence-electron chi connectivity index (χ1n) is 7.23. The van der Waals surface area contributed by atoms with Crippen molar-refractivity contribution < 1.29 is 13.2 Å². The molecule has 1 aromatic carbocycles. The Bertz CT molecular complexity index is 569. The lowest BCUT2D eigenvalue weighted by Gasteiger charge is -2.27. The highest BCUT2D eigenvalue weighted by molar-refractivity contribution is 7.90. The Labute approximate surface area is 126 Å². The molecule has 0 bridgehead atoms. The Morgan fingerprint density at radius 2 is 2.00 bits per heavy atom. The predicted octanol–water partition coefficient (Wildman–Crippen LogP) is 1.67. The molecule has 0 unspecified atom stereocenters. The molecule has 0 spiro atoms. The molecule has 0 radical (unpaired) electrons. The van der Waals surface area contributed by atoms with E-state index in [2.05, 4.69) is 17.0 Å². The molecule has 1 aliphatic rings. The van der Waals surface area contributed by atoms with Crippen molar-refractivity contribution in [2.45, 2.75) is 19.8 Å². The van der Waals surface area contributed by atoms with Crippen LogP contribution in [0.1, 0.15) is 18.9 Å². The quantitative estimate of drug-likeness (QED) is 0.838. The number of nitrogens with zero attached hydrogens (tertiary/aromatic N) is 1. The zero-order valence-electron chi connectivity index (χ0n) is 12.6. The number of ether oxygens (including phenoxy) is 1. The van der Waals surface area contributed by atoms with E-state index in [0.29, 0.717) is 32.0 Å². The van der Waals surface area contributed by atoms with E-state index in [4.69, 9.17) is 4.74 Å². The van der Waals surface area contributed by atoms with Crippen LogP contribution in [0.15, 0.2) is 18.2 Å². The van der Waals surface area contributed by atoms with Crippen LogP contribution < -0.4 is 10.0 Å². The average Bonchev–Trinajstić information content (AvgIpc) is 2.50. The van der Waals surface area contributed by atoms with Crippen molar-refractivity contribution >= 4 is 21.6 Å². The summed E-state index contributed by atoms with van der Waals surface area (Å²) in [7, 11) is -1.71. The molecule has 1 aromatic rings. The number of hydrogen-bond donors (Lipinski definition) is 2. The highest BCUT2D eigenvalue weighted by Gasteiger charge is 2.24. The molecule has 2 N–H and O–H groups in total. The standard InChI is InChI=1S/C14H23N3O3S/c1-3-4-12-5-6-13(15-2)11-14(12)16-21(18,19)17-7-9-20-10-8-17/h5-6,11,15-16H,3-4,7-10H2,1-2H3. The minimum Gasteiger partial charge on any atom is -0.388 e. The van der Waals surface area contributed by atoms with Crippen LogP contribution in [0, 0.1) is 0 Å². The topological polar surface area (TPSA) is 70.7 Å². The first kappa shape index (κ1) is 16.1. The van der Waals surface area contributed by atoms with Gasteiger partial charge in [0.25, 0.3) is 0 Å². The van der Waals surface area contributed by atoms with Crippen LogP contribution in [-0.2, 0) is 21.4 Å². The molecule has 6 nitrogen and oxygen atoms in total. The maximum absolute atomic E-state index is 12.4. The third-order valence-electron chi connectivity index (χ3n) is 3.47. The molecule has 2 rings (SSSR count). The van der Waals surface area contributed by atoms with Crippen LogP contribution >= 0.6 is 0 Å². The van der Waals surface area contributed by atoms with Crippen LogP contribution in [-0.4, -0.2) is 46.1 Å². The van der Waals surface area contributed by atoms with Crippen LogP contribution in [0.4, 0.5) is 11.4 Å². The first-order valence-corrected chi connectivity index (χ1v) is 8.67. The molecule has 0 aliphatic carbocycles. The lowest BCUT2D eigenvalue weighted by atomic mass is 10.1. The number of morpholine rings is 1. The largest absolute Gasteiger partial charge is 0.388 e. The van der Waals surface area contributed by atoms with E-state index in [1.54, 1.807) is 0 Å². The summed E-state index contributed by atoms with van der Waals surface area (Å²) in [6.45, 7) is 3.75. The fourth-order valence-electron chi connectivity index (χ4n) is 2.30. The molecule has 7 heteroatoms. The number of anilines is 2. The Hall–Kier alpha value is -1.31. The first-order chi connectivity index (χ1) is 10.1. The number of rotatable bonds is 6. The highest BCUT2D eigenvalue weighted by Crippen LogP contribution is 2.24. The Balaban J connectivity index is 2.23. The van der Waals surface area contributed by atoms with Crippen molar-refractivity contribution in [1.82, 2.24) is 4.31 Å². The molecule has 118 valence electrons. The lowest BCUT2D eigenvalue weighted by molar-refractivity contribution is 0.0733. The molecule has 0 saturated carbocycles. The molecular formula is C14H23N3O3S. The van der Waals surface area contributed by atoms with Gasteiger partial charge in [0.15, 0.2) is 0 Å². The summed E-state index contributed by atoms with van der Waals surface area (Å²) in [5.41, 5.74) is 2.54. The zero-order chi connectivity index (χ0) is 15.3. The van der Waals surface area contributed by atoms with Gasteiger partial charge in [-0.15, -0.1) is 0 Å². The Morgan fingerprint density at radius 1 is 1.29 bits per heavy atom. The van der Waals surface area contributed by atoms with Gasteiger partial charge in [-0.2, -0.15) is 12.7 Å². The number of nitrogens with one attached hydrogen (secondary N) is 2. The summed E-state index contributed by atoms with van der Waals surface area (Å²) in [6.07, 6.45) is 1.80. The van der Waals surface area contributed by atoms with Gasteiger partial charge in [-0.3, -0.25) is 4.72 Å². The summed E-state index contributed by atoms with van der Waals surface area (Å²) in [6, 6.07) is 5.76. The fourth-order valence-corrected chi connectivity index (χ4v) is 3.53. The zero-order valence-corrected chi connectivity index (χ0v) is 13.4. The van der Waals surface area contributed by atoms with Crippen molar-refractivity contribution in [2.75, 3.05) is 43.4 Å². The Kier molecular flexibility index (Phi) is 5.44. The molecule has 1 saturated heterocycles. The summed E-state index contributed by atoms with van der Waals surface area (Å²) in [5, 5.41) is 3.03. The molecular weight excluding hydrogens is 290 g/mol. The van der Waals surface area contributed by atoms with Crippen molar-refractivity contribution in [3.05, 3.63) is 23.8 Å². The van der Waals surface area contributed by atoms with Gasteiger partial charge in [-0.25, -0.2) is 0 Å². The summed E-state index contributed by atoms with van der Waals surface area (Å²) < 4.78 is 34.2. The van der Waals surface area contributed by atoms with E-state index in [1.807, 2.05) is 25.2 Å². The summed E-state index contributed by atoms with van der Waals surface area (Å²) >= 11 is 0. The number of hydrogen-bond acceptors (Lipinski definition) is 4. The highest BCUT2D eigenvalue weighted by atomic mass is 32.2. The molecule has 1 aliphatic heterocycles. The van der Waals surface area contributed by atoms with Gasteiger partial charge in [-0.05, 0) is 24.1 Å². The monoisotopic (exact) mass is 313 g/mol. The molecule has 21 heavy (non-hydrogen) atoms.